The van der Waals surface area contributed by atoms with Crippen LogP contribution < -0.4 is 0 Å². The quantitative estimate of drug-likeness (QED) is 0.602. The Bertz CT molecular complexity index is 256. The molecule has 0 heterocycles. The SMILES string of the molecule is CC1CCC(C(C)C)C(OCC(CBr)C(C)(C)C)C1. The van der Waals surface area contributed by atoms with E-state index in [1.807, 2.05) is 0 Å². The zero-order valence-corrected chi connectivity index (χ0v) is 15.3. The van der Waals surface area contributed by atoms with Crippen LogP contribution in [0.2, 0.25) is 0 Å². The van der Waals surface area contributed by atoms with Crippen LogP contribution in [-0.4, -0.2) is 18.0 Å². The number of rotatable bonds is 5. The Morgan fingerprint density at radius 2 is 1.84 bits per heavy atom. The van der Waals surface area contributed by atoms with Crippen molar-refractivity contribution < 1.29 is 4.74 Å². The minimum absolute atomic E-state index is 0.317. The van der Waals surface area contributed by atoms with E-state index in [4.69, 9.17) is 4.74 Å². The first-order valence-corrected chi connectivity index (χ1v) is 9.05. The van der Waals surface area contributed by atoms with E-state index in [-0.39, 0.29) is 0 Å². The molecule has 0 aromatic rings. The standard InChI is InChI=1S/C17H33BrO/c1-12(2)15-8-7-13(3)9-16(15)19-11-14(10-18)17(4,5)6/h12-16H,7-11H2,1-6H3. The van der Waals surface area contributed by atoms with Gasteiger partial charge >= 0.3 is 0 Å². The molecule has 0 saturated heterocycles. The smallest absolute Gasteiger partial charge is 0.0608 e. The number of hydrogen-bond donors (Lipinski definition) is 0. The van der Waals surface area contributed by atoms with Crippen molar-refractivity contribution >= 4 is 15.9 Å². The molecule has 0 radical (unpaired) electrons. The van der Waals surface area contributed by atoms with Gasteiger partial charge in [-0.15, -0.1) is 0 Å². The number of alkyl halides is 1. The lowest BCUT2D eigenvalue weighted by atomic mass is 9.75. The van der Waals surface area contributed by atoms with E-state index in [9.17, 15) is 0 Å². The van der Waals surface area contributed by atoms with E-state index in [2.05, 4.69) is 57.5 Å². The molecule has 1 aliphatic rings. The van der Waals surface area contributed by atoms with Gasteiger partial charge in [0.25, 0.3) is 0 Å². The van der Waals surface area contributed by atoms with E-state index >= 15 is 0 Å². The third-order valence-corrected chi connectivity index (χ3v) is 5.67. The summed E-state index contributed by atoms with van der Waals surface area (Å²) >= 11 is 3.65. The van der Waals surface area contributed by atoms with E-state index in [0.717, 1.165) is 29.7 Å². The van der Waals surface area contributed by atoms with Gasteiger partial charge in [-0.05, 0) is 41.9 Å². The highest BCUT2D eigenvalue weighted by Crippen LogP contribution is 2.36. The van der Waals surface area contributed by atoms with Gasteiger partial charge in [-0.2, -0.15) is 0 Å². The maximum absolute atomic E-state index is 6.38. The van der Waals surface area contributed by atoms with Crippen LogP contribution in [0.4, 0.5) is 0 Å². The minimum atomic E-state index is 0.317. The Balaban J connectivity index is 2.56. The van der Waals surface area contributed by atoms with Gasteiger partial charge in [0, 0.05) is 5.33 Å². The Hall–Kier alpha value is 0.440. The highest BCUT2D eigenvalue weighted by atomic mass is 79.9. The summed E-state index contributed by atoms with van der Waals surface area (Å²) in [6.07, 6.45) is 4.46. The largest absolute Gasteiger partial charge is 0.378 e. The second-order valence-corrected chi connectivity index (χ2v) is 8.56. The third kappa shape index (κ3) is 5.38. The van der Waals surface area contributed by atoms with Crippen LogP contribution >= 0.6 is 15.9 Å². The molecule has 1 rings (SSSR count). The lowest BCUT2D eigenvalue weighted by Crippen LogP contribution is -2.37. The molecule has 4 unspecified atom stereocenters. The molecule has 114 valence electrons. The molecule has 1 saturated carbocycles. The second kappa shape index (κ2) is 7.45. The van der Waals surface area contributed by atoms with E-state index in [1.54, 1.807) is 0 Å². The van der Waals surface area contributed by atoms with Crippen molar-refractivity contribution in [2.45, 2.75) is 66.9 Å². The Morgan fingerprint density at radius 3 is 2.32 bits per heavy atom. The minimum Gasteiger partial charge on any atom is -0.378 e. The van der Waals surface area contributed by atoms with Gasteiger partial charge in [0.1, 0.15) is 0 Å². The van der Waals surface area contributed by atoms with Gasteiger partial charge in [0.15, 0.2) is 0 Å². The van der Waals surface area contributed by atoms with Crippen molar-refractivity contribution in [1.82, 2.24) is 0 Å². The predicted octanol–water partition coefficient (Wildman–Crippen LogP) is 5.52. The van der Waals surface area contributed by atoms with Crippen LogP contribution in [0.5, 0.6) is 0 Å². The molecule has 0 bridgehead atoms. The molecule has 0 aromatic heterocycles. The van der Waals surface area contributed by atoms with Crippen molar-refractivity contribution in [3.63, 3.8) is 0 Å². The Labute approximate surface area is 129 Å². The van der Waals surface area contributed by atoms with Crippen molar-refractivity contribution in [1.29, 1.82) is 0 Å². The zero-order valence-electron chi connectivity index (χ0n) is 13.7. The number of halogens is 1. The highest BCUT2D eigenvalue weighted by molar-refractivity contribution is 9.09. The van der Waals surface area contributed by atoms with Crippen LogP contribution in [0, 0.1) is 29.1 Å². The van der Waals surface area contributed by atoms with Crippen LogP contribution in [0.15, 0.2) is 0 Å². The summed E-state index contributed by atoms with van der Waals surface area (Å²) in [5.74, 6) is 2.93. The van der Waals surface area contributed by atoms with Crippen LogP contribution in [-0.2, 0) is 4.74 Å². The van der Waals surface area contributed by atoms with Gasteiger partial charge in [-0.3, -0.25) is 0 Å². The fraction of sp³-hybridized carbons (Fsp3) is 1.00. The fourth-order valence-electron chi connectivity index (χ4n) is 3.07. The Morgan fingerprint density at radius 1 is 1.21 bits per heavy atom. The molecular formula is C17H33BrO. The fourth-order valence-corrected chi connectivity index (χ4v) is 4.23. The van der Waals surface area contributed by atoms with Crippen molar-refractivity contribution in [2.24, 2.45) is 29.1 Å². The molecule has 0 aromatic carbocycles. The van der Waals surface area contributed by atoms with Crippen molar-refractivity contribution in [2.75, 3.05) is 11.9 Å². The summed E-state index contributed by atoms with van der Waals surface area (Å²) in [5.41, 5.74) is 0.317. The predicted molar refractivity (Wildman–Crippen MR) is 87.8 cm³/mol. The molecule has 2 heteroatoms. The normalized spacial score (nSPS) is 30.6. The van der Waals surface area contributed by atoms with Crippen LogP contribution in [0.25, 0.3) is 0 Å². The molecule has 0 spiro atoms. The zero-order chi connectivity index (χ0) is 14.6. The lowest BCUT2D eigenvalue weighted by Gasteiger charge is -2.39. The molecule has 19 heavy (non-hydrogen) atoms. The third-order valence-electron chi connectivity index (χ3n) is 4.88. The number of hydrogen-bond acceptors (Lipinski definition) is 1. The van der Waals surface area contributed by atoms with Gasteiger partial charge in [-0.25, -0.2) is 0 Å². The van der Waals surface area contributed by atoms with Crippen LogP contribution in [0.1, 0.15) is 60.8 Å². The van der Waals surface area contributed by atoms with Crippen LogP contribution in [0.3, 0.4) is 0 Å². The first-order valence-electron chi connectivity index (χ1n) is 7.93. The summed E-state index contributed by atoms with van der Waals surface area (Å²) in [6, 6.07) is 0. The molecular weight excluding hydrogens is 300 g/mol. The average molecular weight is 333 g/mol. The molecule has 1 nitrogen and oxygen atoms in total. The molecule has 0 amide bonds. The summed E-state index contributed by atoms with van der Waals surface area (Å²) in [7, 11) is 0. The van der Waals surface area contributed by atoms with E-state index < -0.39 is 0 Å². The van der Waals surface area contributed by atoms with Gasteiger partial charge in [0.2, 0.25) is 0 Å². The summed E-state index contributed by atoms with van der Waals surface area (Å²) in [6.45, 7) is 14.9. The first-order chi connectivity index (χ1) is 8.75. The summed E-state index contributed by atoms with van der Waals surface area (Å²) in [5, 5.41) is 1.03. The van der Waals surface area contributed by atoms with E-state index in [0.29, 0.717) is 17.4 Å². The first kappa shape index (κ1) is 17.5. The van der Waals surface area contributed by atoms with Gasteiger partial charge < -0.3 is 4.74 Å². The maximum atomic E-state index is 6.38. The summed E-state index contributed by atoms with van der Waals surface area (Å²) < 4.78 is 6.38. The Kier molecular flexibility index (Phi) is 6.86. The molecule has 0 aliphatic heterocycles. The average Bonchev–Trinajstić information content (AvgIpc) is 2.27. The van der Waals surface area contributed by atoms with Crippen molar-refractivity contribution in [3.8, 4) is 0 Å². The second-order valence-electron chi connectivity index (χ2n) is 7.92. The summed E-state index contributed by atoms with van der Waals surface area (Å²) in [4.78, 5) is 0. The molecule has 4 atom stereocenters. The van der Waals surface area contributed by atoms with E-state index in [1.165, 1.54) is 19.3 Å². The molecule has 1 aliphatic carbocycles. The molecule has 0 N–H and O–H groups in total. The monoisotopic (exact) mass is 332 g/mol. The molecule has 1 fully saturated rings. The topological polar surface area (TPSA) is 9.23 Å². The van der Waals surface area contributed by atoms with Gasteiger partial charge in [-0.1, -0.05) is 63.9 Å². The highest BCUT2D eigenvalue weighted by Gasteiger charge is 2.33. The van der Waals surface area contributed by atoms with Crippen molar-refractivity contribution in [3.05, 3.63) is 0 Å². The number of ether oxygens (including phenoxy) is 1. The lowest BCUT2D eigenvalue weighted by molar-refractivity contribution is -0.0603. The van der Waals surface area contributed by atoms with Gasteiger partial charge in [0.05, 0.1) is 12.7 Å². The maximum Gasteiger partial charge on any atom is 0.0608 e.